The third-order valence-electron chi connectivity index (χ3n) is 3.74. The smallest absolute Gasteiger partial charge is 0.338 e. The Morgan fingerprint density at radius 3 is 2.81 bits per heavy atom. The number of halogens is 2. The molecule has 1 unspecified atom stereocenters. The van der Waals surface area contributed by atoms with Gasteiger partial charge in [-0.2, -0.15) is 0 Å². The molecule has 0 spiro atoms. The maximum atomic E-state index is 12.5. The normalized spacial score (nSPS) is 16.6. The molecule has 0 radical (unpaired) electrons. The molecule has 0 fully saturated rings. The Labute approximate surface area is 165 Å². The third-order valence-corrected chi connectivity index (χ3v) is 4.29. The molecular weight excluding hydrogens is 395 g/mol. The number of nitrogens with one attached hydrogen (secondary N) is 2. The van der Waals surface area contributed by atoms with Gasteiger partial charge in [0.1, 0.15) is 24.2 Å². The number of amides is 2. The van der Waals surface area contributed by atoms with Crippen molar-refractivity contribution < 1.29 is 23.5 Å². The minimum atomic E-state index is -0.804. The fourth-order valence-electron chi connectivity index (χ4n) is 2.59. The Bertz CT molecular complexity index is 880. The zero-order valence-electron chi connectivity index (χ0n) is 14.3. The van der Waals surface area contributed by atoms with Crippen LogP contribution in [0.15, 0.2) is 52.3 Å². The van der Waals surface area contributed by atoms with E-state index in [1.54, 1.807) is 37.3 Å². The summed E-state index contributed by atoms with van der Waals surface area (Å²) in [6.07, 6.45) is 1.45. The number of benzene rings is 1. The van der Waals surface area contributed by atoms with Crippen LogP contribution in [-0.4, -0.2) is 25.2 Å². The van der Waals surface area contributed by atoms with E-state index in [2.05, 4.69) is 10.6 Å². The molecule has 2 amide bonds. The first-order valence-corrected chi connectivity index (χ1v) is 8.84. The van der Waals surface area contributed by atoms with Crippen molar-refractivity contribution in [3.63, 3.8) is 0 Å². The molecule has 7 nitrogen and oxygen atoms in total. The van der Waals surface area contributed by atoms with Crippen LogP contribution >= 0.6 is 23.2 Å². The molecule has 27 heavy (non-hydrogen) atoms. The number of ether oxygens (including phenoxy) is 2. The van der Waals surface area contributed by atoms with E-state index in [0.717, 1.165) is 0 Å². The van der Waals surface area contributed by atoms with Crippen molar-refractivity contribution in [1.29, 1.82) is 0 Å². The highest BCUT2D eigenvalue weighted by Gasteiger charge is 2.35. The predicted molar refractivity (Wildman–Crippen MR) is 98.7 cm³/mol. The molecule has 1 aromatic carbocycles. The summed E-state index contributed by atoms with van der Waals surface area (Å²) in [5, 5.41) is 6.03. The van der Waals surface area contributed by atoms with Gasteiger partial charge in [0, 0.05) is 11.1 Å². The lowest BCUT2D eigenvalue weighted by molar-refractivity contribution is -0.139. The lowest BCUT2D eigenvalue weighted by Crippen LogP contribution is -2.47. The zero-order chi connectivity index (χ0) is 19.4. The molecule has 142 valence electrons. The van der Waals surface area contributed by atoms with Gasteiger partial charge >= 0.3 is 12.0 Å². The first kappa shape index (κ1) is 19.1. The van der Waals surface area contributed by atoms with Gasteiger partial charge in [-0.1, -0.05) is 23.2 Å². The largest absolute Gasteiger partial charge is 0.486 e. The summed E-state index contributed by atoms with van der Waals surface area (Å²) < 4.78 is 16.2. The average molecular weight is 411 g/mol. The topological polar surface area (TPSA) is 89.8 Å². The van der Waals surface area contributed by atoms with Crippen molar-refractivity contribution in [2.24, 2.45) is 0 Å². The standard InChI is InChI=1S/C18H16Cl2N2O5/c1-2-25-17(23)15-12(9-27-14-8-10(19)5-6-11(14)20)21-18(24)22-16(15)13-4-3-7-26-13/h3-8,16H,2,9H2,1H3,(H2,21,22,24). The number of carbonyl (C=O) groups is 2. The number of hydrogen-bond acceptors (Lipinski definition) is 5. The van der Waals surface area contributed by atoms with Crippen molar-refractivity contribution >= 4 is 35.2 Å². The molecule has 2 N–H and O–H groups in total. The molecule has 3 rings (SSSR count). The van der Waals surface area contributed by atoms with Crippen LogP contribution in [0.3, 0.4) is 0 Å². The van der Waals surface area contributed by atoms with Crippen LogP contribution in [0.5, 0.6) is 5.75 Å². The van der Waals surface area contributed by atoms with Crippen LogP contribution in [-0.2, 0) is 9.53 Å². The predicted octanol–water partition coefficient (Wildman–Crippen LogP) is 3.84. The van der Waals surface area contributed by atoms with Gasteiger partial charge in [0.25, 0.3) is 0 Å². The molecule has 0 aliphatic carbocycles. The lowest BCUT2D eigenvalue weighted by Gasteiger charge is -2.27. The van der Waals surface area contributed by atoms with Crippen molar-refractivity contribution in [2.75, 3.05) is 13.2 Å². The summed E-state index contributed by atoms with van der Waals surface area (Å²) in [4.78, 5) is 24.6. The molecule has 1 atom stereocenters. The van der Waals surface area contributed by atoms with E-state index in [9.17, 15) is 9.59 Å². The summed E-state index contributed by atoms with van der Waals surface area (Å²) in [7, 11) is 0. The van der Waals surface area contributed by atoms with Gasteiger partial charge in [0.15, 0.2) is 0 Å². The number of rotatable bonds is 6. The minimum absolute atomic E-state index is 0.126. The SMILES string of the molecule is CCOC(=O)C1=C(COc2cc(Cl)ccc2Cl)NC(=O)NC1c1ccco1. The molecule has 1 aromatic heterocycles. The maximum Gasteiger partial charge on any atom is 0.338 e. The van der Waals surface area contributed by atoms with Crippen LogP contribution in [0.4, 0.5) is 4.79 Å². The number of urea groups is 1. The first-order valence-electron chi connectivity index (χ1n) is 8.08. The highest BCUT2D eigenvalue weighted by Crippen LogP contribution is 2.31. The molecule has 2 aromatic rings. The fourth-order valence-corrected chi connectivity index (χ4v) is 2.92. The van der Waals surface area contributed by atoms with E-state index in [-0.39, 0.29) is 24.5 Å². The van der Waals surface area contributed by atoms with E-state index in [0.29, 0.717) is 21.6 Å². The van der Waals surface area contributed by atoms with Gasteiger partial charge in [-0.15, -0.1) is 0 Å². The Balaban J connectivity index is 1.95. The van der Waals surface area contributed by atoms with E-state index in [4.69, 9.17) is 37.1 Å². The summed E-state index contributed by atoms with van der Waals surface area (Å²) in [5.41, 5.74) is 0.430. The Morgan fingerprint density at radius 2 is 2.11 bits per heavy atom. The van der Waals surface area contributed by atoms with E-state index in [1.165, 1.54) is 6.26 Å². The Hall–Kier alpha value is -2.64. The second kappa shape index (κ2) is 8.37. The van der Waals surface area contributed by atoms with Gasteiger partial charge < -0.3 is 24.5 Å². The zero-order valence-corrected chi connectivity index (χ0v) is 15.8. The molecule has 1 aliphatic heterocycles. The van der Waals surface area contributed by atoms with E-state index in [1.807, 2.05) is 0 Å². The van der Waals surface area contributed by atoms with Crippen LogP contribution in [0.25, 0.3) is 0 Å². The molecule has 0 saturated heterocycles. The Kier molecular flexibility index (Phi) is 5.93. The highest BCUT2D eigenvalue weighted by atomic mass is 35.5. The number of esters is 1. The molecule has 0 saturated carbocycles. The highest BCUT2D eigenvalue weighted by molar-refractivity contribution is 6.34. The van der Waals surface area contributed by atoms with Crippen molar-refractivity contribution in [2.45, 2.75) is 13.0 Å². The second-order valence-corrected chi connectivity index (χ2v) is 6.37. The van der Waals surface area contributed by atoms with Gasteiger partial charge in [-0.3, -0.25) is 0 Å². The van der Waals surface area contributed by atoms with Crippen LogP contribution in [0.1, 0.15) is 18.7 Å². The molecule has 2 heterocycles. The molecule has 1 aliphatic rings. The monoisotopic (exact) mass is 410 g/mol. The maximum absolute atomic E-state index is 12.5. The number of carbonyl (C=O) groups excluding carboxylic acids is 2. The minimum Gasteiger partial charge on any atom is -0.486 e. The van der Waals surface area contributed by atoms with Crippen LogP contribution in [0, 0.1) is 0 Å². The number of furan rings is 1. The first-order chi connectivity index (χ1) is 13.0. The van der Waals surface area contributed by atoms with Gasteiger partial charge in [0.2, 0.25) is 0 Å². The quantitative estimate of drug-likeness (QED) is 0.706. The summed E-state index contributed by atoms with van der Waals surface area (Å²) in [6.45, 7) is 1.74. The third kappa shape index (κ3) is 4.37. The summed E-state index contributed by atoms with van der Waals surface area (Å²) in [6, 6.07) is 6.77. The van der Waals surface area contributed by atoms with E-state index >= 15 is 0 Å². The molecular formula is C18H16Cl2N2O5. The molecule has 9 heteroatoms. The summed E-state index contributed by atoms with van der Waals surface area (Å²) >= 11 is 12.1. The van der Waals surface area contributed by atoms with Crippen molar-refractivity contribution in [3.05, 3.63) is 63.7 Å². The second-order valence-electron chi connectivity index (χ2n) is 5.52. The van der Waals surface area contributed by atoms with Gasteiger partial charge in [-0.25, -0.2) is 9.59 Å². The molecule has 0 bridgehead atoms. The Morgan fingerprint density at radius 1 is 1.30 bits per heavy atom. The van der Waals surface area contributed by atoms with Crippen molar-refractivity contribution in [3.8, 4) is 5.75 Å². The fraction of sp³-hybridized carbons (Fsp3) is 0.222. The van der Waals surface area contributed by atoms with Crippen LogP contribution in [0.2, 0.25) is 10.0 Å². The average Bonchev–Trinajstić information content (AvgIpc) is 3.16. The van der Waals surface area contributed by atoms with Gasteiger partial charge in [-0.05, 0) is 31.2 Å². The van der Waals surface area contributed by atoms with E-state index < -0.39 is 18.0 Å². The van der Waals surface area contributed by atoms with Crippen LogP contribution < -0.4 is 15.4 Å². The lowest BCUT2D eigenvalue weighted by atomic mass is 10.0. The van der Waals surface area contributed by atoms with Crippen molar-refractivity contribution in [1.82, 2.24) is 10.6 Å². The van der Waals surface area contributed by atoms with Gasteiger partial charge in [0.05, 0.1) is 29.2 Å². The summed E-state index contributed by atoms with van der Waals surface area (Å²) in [5.74, 6) is 0.121. The number of hydrogen-bond donors (Lipinski definition) is 2.